The summed E-state index contributed by atoms with van der Waals surface area (Å²) in [4.78, 5) is 23.5. The van der Waals surface area contributed by atoms with Crippen LogP contribution in [0.25, 0.3) is 0 Å². The van der Waals surface area contributed by atoms with Crippen LogP contribution in [0.5, 0.6) is 0 Å². The standard InChI is InChI=1S/C14H18N6O3S/c1-9(2)6-7-15-13(21)11-8-10(20(22)23)4-5-12(11)24-14-16-17-18-19(14)3/h4-5,8-9H,6-7H2,1-3H3,(H,15,21). The van der Waals surface area contributed by atoms with Crippen LogP contribution in [-0.2, 0) is 7.05 Å². The lowest BCUT2D eigenvalue weighted by Gasteiger charge is -2.10. The third kappa shape index (κ3) is 4.51. The first kappa shape index (κ1) is 17.9. The summed E-state index contributed by atoms with van der Waals surface area (Å²) in [6.45, 7) is 4.62. The molecule has 24 heavy (non-hydrogen) atoms. The second-order valence-corrected chi connectivity index (χ2v) is 6.57. The highest BCUT2D eigenvalue weighted by Crippen LogP contribution is 2.30. The maximum absolute atomic E-state index is 12.4. The Kier molecular flexibility index (Phi) is 5.85. The van der Waals surface area contributed by atoms with Gasteiger partial charge in [0.05, 0.1) is 10.5 Å². The number of nitro groups is 1. The first-order valence-electron chi connectivity index (χ1n) is 7.35. The van der Waals surface area contributed by atoms with E-state index in [1.807, 2.05) is 0 Å². The smallest absolute Gasteiger partial charge is 0.270 e. The molecule has 1 amide bonds. The van der Waals surface area contributed by atoms with Crippen molar-refractivity contribution in [2.24, 2.45) is 13.0 Å². The number of aryl methyl sites for hydroxylation is 1. The van der Waals surface area contributed by atoms with Gasteiger partial charge in [0.15, 0.2) is 0 Å². The van der Waals surface area contributed by atoms with Crippen molar-refractivity contribution in [3.8, 4) is 0 Å². The van der Waals surface area contributed by atoms with Crippen LogP contribution in [-0.4, -0.2) is 37.6 Å². The zero-order valence-electron chi connectivity index (χ0n) is 13.6. The second-order valence-electron chi connectivity index (χ2n) is 5.56. The monoisotopic (exact) mass is 350 g/mol. The number of amides is 1. The molecule has 128 valence electrons. The van der Waals surface area contributed by atoms with Gasteiger partial charge >= 0.3 is 0 Å². The van der Waals surface area contributed by atoms with E-state index in [-0.39, 0.29) is 17.2 Å². The number of benzene rings is 1. The summed E-state index contributed by atoms with van der Waals surface area (Å²) < 4.78 is 1.46. The Morgan fingerprint density at radius 2 is 2.21 bits per heavy atom. The zero-order chi connectivity index (χ0) is 17.7. The Balaban J connectivity index is 2.27. The fourth-order valence-electron chi connectivity index (χ4n) is 1.87. The molecule has 9 nitrogen and oxygen atoms in total. The predicted octanol–water partition coefficient (Wildman–Crippen LogP) is 2.05. The normalized spacial score (nSPS) is 10.8. The van der Waals surface area contributed by atoms with Gasteiger partial charge in [-0.1, -0.05) is 13.8 Å². The summed E-state index contributed by atoms with van der Waals surface area (Å²) >= 11 is 1.18. The number of nitrogens with zero attached hydrogens (tertiary/aromatic N) is 5. The Labute approximate surface area is 143 Å². The highest BCUT2D eigenvalue weighted by atomic mass is 32.2. The van der Waals surface area contributed by atoms with Crippen molar-refractivity contribution in [3.05, 3.63) is 33.9 Å². The maximum atomic E-state index is 12.4. The minimum Gasteiger partial charge on any atom is -0.352 e. The summed E-state index contributed by atoms with van der Waals surface area (Å²) in [5.41, 5.74) is 0.102. The fourth-order valence-corrected chi connectivity index (χ4v) is 2.71. The van der Waals surface area contributed by atoms with Gasteiger partial charge in [0.1, 0.15) is 0 Å². The lowest BCUT2D eigenvalue weighted by Crippen LogP contribution is -2.26. The number of non-ortho nitro benzene ring substituents is 1. The molecule has 0 aliphatic carbocycles. The molecule has 0 atom stereocenters. The number of rotatable bonds is 7. The molecular weight excluding hydrogens is 332 g/mol. The molecule has 0 fully saturated rings. The molecule has 1 N–H and O–H groups in total. The lowest BCUT2D eigenvalue weighted by atomic mass is 10.1. The molecule has 0 aliphatic rings. The first-order valence-corrected chi connectivity index (χ1v) is 8.17. The topological polar surface area (TPSA) is 116 Å². The SMILES string of the molecule is CC(C)CCNC(=O)c1cc([N+](=O)[O-])ccc1Sc1nnnn1C. The van der Waals surface area contributed by atoms with E-state index in [9.17, 15) is 14.9 Å². The molecule has 10 heteroatoms. The molecule has 0 saturated carbocycles. The van der Waals surface area contributed by atoms with E-state index in [2.05, 4.69) is 34.7 Å². The van der Waals surface area contributed by atoms with Crippen molar-refractivity contribution in [2.75, 3.05) is 6.54 Å². The second kappa shape index (κ2) is 7.86. The summed E-state index contributed by atoms with van der Waals surface area (Å²) in [7, 11) is 1.68. The predicted molar refractivity (Wildman–Crippen MR) is 87.8 cm³/mol. The Morgan fingerprint density at radius 3 is 2.79 bits per heavy atom. The highest BCUT2D eigenvalue weighted by Gasteiger charge is 2.19. The van der Waals surface area contributed by atoms with Crippen molar-refractivity contribution in [3.63, 3.8) is 0 Å². The number of nitro benzene ring substituents is 1. The number of tetrazole rings is 1. The van der Waals surface area contributed by atoms with Crippen LogP contribution in [0, 0.1) is 16.0 Å². The third-order valence-corrected chi connectivity index (χ3v) is 4.31. The van der Waals surface area contributed by atoms with E-state index in [1.54, 1.807) is 7.05 Å². The zero-order valence-corrected chi connectivity index (χ0v) is 14.4. The van der Waals surface area contributed by atoms with Crippen molar-refractivity contribution < 1.29 is 9.72 Å². The number of hydrogen-bond donors (Lipinski definition) is 1. The molecule has 0 spiro atoms. The minimum absolute atomic E-state index is 0.135. The van der Waals surface area contributed by atoms with Gasteiger partial charge in [0, 0.05) is 30.6 Å². The van der Waals surface area contributed by atoms with Gasteiger partial charge in [-0.25, -0.2) is 4.68 Å². The minimum atomic E-state index is -0.525. The third-order valence-electron chi connectivity index (χ3n) is 3.21. The van der Waals surface area contributed by atoms with Gasteiger partial charge in [-0.3, -0.25) is 14.9 Å². The van der Waals surface area contributed by atoms with Gasteiger partial charge < -0.3 is 5.32 Å². The quantitative estimate of drug-likeness (QED) is 0.600. The molecule has 0 saturated heterocycles. The first-order chi connectivity index (χ1) is 11.4. The van der Waals surface area contributed by atoms with E-state index in [1.165, 1.54) is 34.6 Å². The molecule has 1 aromatic carbocycles. The molecule has 1 aromatic heterocycles. The van der Waals surface area contributed by atoms with Crippen LogP contribution in [0.1, 0.15) is 30.6 Å². The van der Waals surface area contributed by atoms with Crippen molar-refractivity contribution >= 4 is 23.4 Å². The molecule has 0 bridgehead atoms. The Bertz CT molecular complexity index is 746. The molecule has 0 aliphatic heterocycles. The number of carbonyl (C=O) groups is 1. The number of carbonyl (C=O) groups excluding carboxylic acids is 1. The fraction of sp³-hybridized carbons (Fsp3) is 0.429. The van der Waals surface area contributed by atoms with E-state index >= 15 is 0 Å². The summed E-state index contributed by atoms with van der Waals surface area (Å²) in [5, 5.41) is 25.4. The van der Waals surface area contributed by atoms with Gasteiger partial charge in [-0.2, -0.15) is 0 Å². The van der Waals surface area contributed by atoms with Gasteiger partial charge in [-0.05, 0) is 40.6 Å². The summed E-state index contributed by atoms with van der Waals surface area (Å²) in [6, 6.07) is 4.17. The van der Waals surface area contributed by atoms with Gasteiger partial charge in [-0.15, -0.1) is 5.10 Å². The lowest BCUT2D eigenvalue weighted by molar-refractivity contribution is -0.384. The van der Waals surface area contributed by atoms with Crippen molar-refractivity contribution in [1.82, 2.24) is 25.5 Å². The molecular formula is C14H18N6O3S. The van der Waals surface area contributed by atoms with Gasteiger partial charge in [0.25, 0.3) is 11.6 Å². The largest absolute Gasteiger partial charge is 0.352 e. The molecule has 0 radical (unpaired) electrons. The highest BCUT2D eigenvalue weighted by molar-refractivity contribution is 7.99. The number of nitrogens with one attached hydrogen (secondary N) is 1. The average Bonchev–Trinajstić information content (AvgIpc) is 2.92. The van der Waals surface area contributed by atoms with E-state index < -0.39 is 4.92 Å². The van der Waals surface area contributed by atoms with E-state index in [4.69, 9.17) is 0 Å². The van der Waals surface area contributed by atoms with E-state index in [0.717, 1.165) is 6.42 Å². The van der Waals surface area contributed by atoms with Crippen LogP contribution >= 0.6 is 11.8 Å². The number of aromatic nitrogens is 4. The van der Waals surface area contributed by atoms with Crippen molar-refractivity contribution in [1.29, 1.82) is 0 Å². The molecule has 1 heterocycles. The number of hydrogen-bond acceptors (Lipinski definition) is 7. The Hall–Kier alpha value is -2.49. The maximum Gasteiger partial charge on any atom is 0.270 e. The molecule has 2 rings (SSSR count). The van der Waals surface area contributed by atoms with Gasteiger partial charge in [0.2, 0.25) is 5.16 Å². The van der Waals surface area contributed by atoms with Crippen LogP contribution in [0.4, 0.5) is 5.69 Å². The molecule has 0 unspecified atom stereocenters. The van der Waals surface area contributed by atoms with Crippen LogP contribution in [0.15, 0.2) is 28.3 Å². The van der Waals surface area contributed by atoms with Crippen molar-refractivity contribution in [2.45, 2.75) is 30.3 Å². The van der Waals surface area contributed by atoms with Crippen LogP contribution < -0.4 is 5.32 Å². The molecule has 2 aromatic rings. The van der Waals surface area contributed by atoms with E-state index in [0.29, 0.717) is 22.5 Å². The summed E-state index contributed by atoms with van der Waals surface area (Å²) in [6.07, 6.45) is 0.830. The Morgan fingerprint density at radius 1 is 1.46 bits per heavy atom. The summed E-state index contributed by atoms with van der Waals surface area (Å²) in [5.74, 6) is 0.103. The van der Waals surface area contributed by atoms with Crippen LogP contribution in [0.3, 0.4) is 0 Å². The van der Waals surface area contributed by atoms with Crippen LogP contribution in [0.2, 0.25) is 0 Å². The average molecular weight is 350 g/mol.